The van der Waals surface area contributed by atoms with E-state index < -0.39 is 5.97 Å². The number of nitrogens with zero attached hydrogens (tertiary/aromatic N) is 3. The maximum absolute atomic E-state index is 13.3. The van der Waals surface area contributed by atoms with E-state index in [9.17, 15) is 14.7 Å². The van der Waals surface area contributed by atoms with E-state index in [4.69, 9.17) is 9.47 Å². The lowest BCUT2D eigenvalue weighted by Crippen LogP contribution is -2.35. The highest BCUT2D eigenvalue weighted by Gasteiger charge is 2.25. The van der Waals surface area contributed by atoms with Crippen LogP contribution in [0.4, 0.5) is 5.69 Å². The molecule has 8 nitrogen and oxygen atoms in total. The van der Waals surface area contributed by atoms with Crippen LogP contribution in [0.3, 0.4) is 0 Å². The quantitative estimate of drug-likeness (QED) is 0.240. The number of methoxy groups -OCH3 is 1. The zero-order valence-corrected chi connectivity index (χ0v) is 23.7. The van der Waals surface area contributed by atoms with E-state index in [-0.39, 0.29) is 11.5 Å². The van der Waals surface area contributed by atoms with Gasteiger partial charge in [0.25, 0.3) is 0 Å². The maximum Gasteiger partial charge on any atom is 0.335 e. The molecule has 212 valence electrons. The van der Waals surface area contributed by atoms with Crippen LogP contribution in [0.1, 0.15) is 51.9 Å². The summed E-state index contributed by atoms with van der Waals surface area (Å²) in [4.78, 5) is 26.5. The average molecular weight is 554 g/mol. The minimum Gasteiger partial charge on any atom is -0.496 e. The van der Waals surface area contributed by atoms with Gasteiger partial charge in [0.15, 0.2) is 0 Å². The molecule has 0 spiro atoms. The predicted octanol–water partition coefficient (Wildman–Crippen LogP) is 6.06. The standard InChI is InChI=1S/C33H35N3O5/c1-22-8-4-12-30(23(22)2)41-17-7-13-32(37)36-16-6-10-28-27(9-5-11-29(28)36)26-19-34-35(21-26)20-25-15-14-24(33(38)39)18-31(25)40-3/h4-5,8-9,11-12,14-15,18-19,21H,6-7,10,13,16-17,20H2,1-3H3,(H,38,39). The van der Waals surface area contributed by atoms with Crippen molar-refractivity contribution in [2.45, 2.75) is 46.1 Å². The molecule has 1 amide bonds. The van der Waals surface area contributed by atoms with Crippen molar-refractivity contribution >= 4 is 17.6 Å². The summed E-state index contributed by atoms with van der Waals surface area (Å²) in [5.41, 5.74) is 7.50. The van der Waals surface area contributed by atoms with Crippen LogP contribution in [0.25, 0.3) is 11.1 Å². The molecule has 0 saturated carbocycles. The Labute approximate surface area is 240 Å². The Morgan fingerprint density at radius 3 is 2.68 bits per heavy atom. The normalized spacial score (nSPS) is 12.6. The molecule has 0 bridgehead atoms. The molecule has 3 aromatic carbocycles. The van der Waals surface area contributed by atoms with Crippen molar-refractivity contribution in [1.29, 1.82) is 0 Å². The van der Waals surface area contributed by atoms with E-state index in [0.717, 1.165) is 52.1 Å². The number of carboxylic acids is 1. The predicted molar refractivity (Wildman–Crippen MR) is 158 cm³/mol. The number of aromatic nitrogens is 2. The Hall–Kier alpha value is -4.59. The number of ether oxygens (including phenoxy) is 2. The van der Waals surface area contributed by atoms with Gasteiger partial charge in [-0.05, 0) is 79.6 Å². The van der Waals surface area contributed by atoms with E-state index in [1.807, 2.05) is 46.2 Å². The number of fused-ring (bicyclic) bond motifs is 1. The fourth-order valence-electron chi connectivity index (χ4n) is 5.35. The number of carbonyl (C=O) groups is 2. The number of hydrogen-bond donors (Lipinski definition) is 1. The number of carbonyl (C=O) groups excluding carboxylic acids is 1. The highest BCUT2D eigenvalue weighted by atomic mass is 16.5. The maximum atomic E-state index is 13.3. The first-order valence-electron chi connectivity index (χ1n) is 13.9. The first-order valence-corrected chi connectivity index (χ1v) is 13.9. The van der Waals surface area contributed by atoms with Crippen LogP contribution < -0.4 is 14.4 Å². The van der Waals surface area contributed by atoms with Gasteiger partial charge in [-0.3, -0.25) is 9.48 Å². The molecule has 0 aliphatic carbocycles. The number of anilines is 1. The van der Waals surface area contributed by atoms with E-state index in [2.05, 4.69) is 31.1 Å². The lowest BCUT2D eigenvalue weighted by molar-refractivity contribution is -0.118. The summed E-state index contributed by atoms with van der Waals surface area (Å²) >= 11 is 0. The van der Waals surface area contributed by atoms with Crippen LogP contribution in [0, 0.1) is 13.8 Å². The van der Waals surface area contributed by atoms with Crippen molar-refractivity contribution < 1.29 is 24.2 Å². The number of hydrogen-bond acceptors (Lipinski definition) is 5. The Morgan fingerprint density at radius 1 is 1.05 bits per heavy atom. The zero-order valence-electron chi connectivity index (χ0n) is 23.7. The van der Waals surface area contributed by atoms with Gasteiger partial charge in [0, 0.05) is 36.0 Å². The van der Waals surface area contributed by atoms with Crippen molar-refractivity contribution in [2.75, 3.05) is 25.2 Å². The van der Waals surface area contributed by atoms with E-state index in [1.54, 1.807) is 12.1 Å². The molecule has 1 aliphatic rings. The summed E-state index contributed by atoms with van der Waals surface area (Å²) in [7, 11) is 1.53. The molecule has 0 saturated heterocycles. The van der Waals surface area contributed by atoms with Gasteiger partial charge >= 0.3 is 5.97 Å². The molecule has 1 aromatic heterocycles. The largest absolute Gasteiger partial charge is 0.496 e. The first kappa shape index (κ1) is 28.0. The molecular weight excluding hydrogens is 518 g/mol. The van der Waals surface area contributed by atoms with Gasteiger partial charge in [-0.2, -0.15) is 5.10 Å². The molecule has 41 heavy (non-hydrogen) atoms. The number of aromatic carboxylic acids is 1. The fourth-order valence-corrected chi connectivity index (χ4v) is 5.35. The Morgan fingerprint density at radius 2 is 1.88 bits per heavy atom. The summed E-state index contributed by atoms with van der Waals surface area (Å²) in [6, 6.07) is 17.0. The van der Waals surface area contributed by atoms with Crippen LogP contribution >= 0.6 is 0 Å². The number of aryl methyl sites for hydroxylation is 1. The Bertz CT molecular complexity index is 1580. The number of benzene rings is 3. The molecule has 5 rings (SSSR count). The topological polar surface area (TPSA) is 93.9 Å². The van der Waals surface area contributed by atoms with E-state index >= 15 is 0 Å². The van der Waals surface area contributed by atoms with Gasteiger partial charge in [0.05, 0.1) is 32.0 Å². The van der Waals surface area contributed by atoms with Crippen molar-refractivity contribution in [3.63, 3.8) is 0 Å². The van der Waals surface area contributed by atoms with E-state index in [0.29, 0.717) is 38.3 Å². The number of rotatable bonds is 10. The second kappa shape index (κ2) is 12.3. The molecule has 0 radical (unpaired) electrons. The van der Waals surface area contributed by atoms with Crippen molar-refractivity contribution in [3.05, 3.63) is 94.8 Å². The van der Waals surface area contributed by atoms with Gasteiger partial charge in [0.2, 0.25) is 5.91 Å². The molecule has 1 N–H and O–H groups in total. The summed E-state index contributed by atoms with van der Waals surface area (Å²) in [6.07, 6.45) is 6.68. The SMILES string of the molecule is COc1cc(C(=O)O)ccc1Cn1cc(-c2cccc3c2CCCN3C(=O)CCCOc2cccc(C)c2C)cn1. The second-order valence-electron chi connectivity index (χ2n) is 10.4. The number of amides is 1. The minimum atomic E-state index is -0.997. The van der Waals surface area contributed by atoms with Crippen molar-refractivity contribution in [3.8, 4) is 22.6 Å². The molecule has 2 heterocycles. The van der Waals surface area contributed by atoms with Crippen LogP contribution in [0.2, 0.25) is 0 Å². The van der Waals surface area contributed by atoms with Gasteiger partial charge in [-0.1, -0.05) is 30.3 Å². The number of carboxylic acid groups (broad SMARTS) is 1. The van der Waals surface area contributed by atoms with Crippen LogP contribution in [0.5, 0.6) is 11.5 Å². The fraction of sp³-hybridized carbons (Fsp3) is 0.303. The smallest absolute Gasteiger partial charge is 0.335 e. The van der Waals surface area contributed by atoms with Gasteiger partial charge in [-0.25, -0.2) is 4.79 Å². The van der Waals surface area contributed by atoms with Crippen LogP contribution in [-0.2, 0) is 17.8 Å². The molecule has 8 heteroatoms. The first-order chi connectivity index (χ1) is 19.9. The minimum absolute atomic E-state index is 0.111. The van der Waals surface area contributed by atoms with Gasteiger partial charge < -0.3 is 19.5 Å². The summed E-state index contributed by atoms with van der Waals surface area (Å²) in [6.45, 7) is 5.76. The lowest BCUT2D eigenvalue weighted by atomic mass is 9.93. The summed E-state index contributed by atoms with van der Waals surface area (Å²) in [5.74, 6) is 0.498. The lowest BCUT2D eigenvalue weighted by Gasteiger charge is -2.31. The molecule has 0 fully saturated rings. The van der Waals surface area contributed by atoms with E-state index in [1.165, 1.54) is 18.7 Å². The highest BCUT2D eigenvalue weighted by Crippen LogP contribution is 2.36. The molecular formula is C33H35N3O5. The van der Waals surface area contributed by atoms with Crippen molar-refractivity contribution in [1.82, 2.24) is 9.78 Å². The molecule has 1 aliphatic heterocycles. The Kier molecular flexibility index (Phi) is 8.38. The van der Waals surface area contributed by atoms with Gasteiger partial charge in [-0.15, -0.1) is 0 Å². The highest BCUT2D eigenvalue weighted by molar-refractivity contribution is 5.96. The Balaban J connectivity index is 1.27. The van der Waals surface area contributed by atoms with Crippen LogP contribution in [-0.4, -0.2) is 47.0 Å². The van der Waals surface area contributed by atoms with Crippen molar-refractivity contribution in [2.24, 2.45) is 0 Å². The average Bonchev–Trinajstić information content (AvgIpc) is 3.45. The van der Waals surface area contributed by atoms with Crippen LogP contribution in [0.15, 0.2) is 67.0 Å². The molecule has 0 unspecified atom stereocenters. The van der Waals surface area contributed by atoms with Gasteiger partial charge in [0.1, 0.15) is 11.5 Å². The zero-order chi connectivity index (χ0) is 28.9. The third kappa shape index (κ3) is 6.11. The summed E-state index contributed by atoms with van der Waals surface area (Å²) in [5, 5.41) is 13.8. The monoisotopic (exact) mass is 553 g/mol. The third-order valence-electron chi connectivity index (χ3n) is 7.71. The third-order valence-corrected chi connectivity index (χ3v) is 7.71. The summed E-state index contributed by atoms with van der Waals surface area (Å²) < 4.78 is 13.2. The second-order valence-corrected chi connectivity index (χ2v) is 10.4. The molecule has 0 atom stereocenters. The molecule has 4 aromatic rings.